The third-order valence-corrected chi connectivity index (χ3v) is 2.74. The topological polar surface area (TPSA) is 54.4 Å². The van der Waals surface area contributed by atoms with Gasteiger partial charge in [-0.25, -0.2) is 0 Å². The molecule has 1 N–H and O–H groups in total. The van der Waals surface area contributed by atoms with E-state index in [0.29, 0.717) is 0 Å². The van der Waals surface area contributed by atoms with Crippen LogP contribution in [0.4, 0.5) is 13.2 Å². The SMILES string of the molecule is CCC(C(=O)CC(=O)O)c1cccc(C(F)(F)F)c1. The van der Waals surface area contributed by atoms with E-state index in [0.717, 1.165) is 12.1 Å². The number of benzene rings is 1. The summed E-state index contributed by atoms with van der Waals surface area (Å²) in [6.45, 7) is 1.63. The van der Waals surface area contributed by atoms with Crippen molar-refractivity contribution in [1.82, 2.24) is 0 Å². The smallest absolute Gasteiger partial charge is 0.416 e. The highest BCUT2D eigenvalue weighted by atomic mass is 19.4. The van der Waals surface area contributed by atoms with E-state index in [2.05, 4.69) is 0 Å². The molecule has 104 valence electrons. The molecule has 0 aromatic heterocycles. The first-order valence-electron chi connectivity index (χ1n) is 5.67. The summed E-state index contributed by atoms with van der Waals surface area (Å²) in [5.74, 6) is -2.69. The molecule has 0 fully saturated rings. The van der Waals surface area contributed by atoms with Gasteiger partial charge in [0.05, 0.1) is 5.56 Å². The molecule has 3 nitrogen and oxygen atoms in total. The van der Waals surface area contributed by atoms with E-state index in [1.54, 1.807) is 6.92 Å². The number of halogens is 3. The number of ketones is 1. The lowest BCUT2D eigenvalue weighted by molar-refractivity contribution is -0.141. The lowest BCUT2D eigenvalue weighted by Crippen LogP contribution is -2.16. The summed E-state index contributed by atoms with van der Waals surface area (Å²) in [6.07, 6.45) is -4.91. The number of carbonyl (C=O) groups excluding carboxylic acids is 1. The Kier molecular flexibility index (Phi) is 4.69. The number of carboxylic acids is 1. The summed E-state index contributed by atoms with van der Waals surface area (Å²) < 4.78 is 37.7. The fraction of sp³-hybridized carbons (Fsp3) is 0.385. The van der Waals surface area contributed by atoms with Gasteiger partial charge in [0.2, 0.25) is 0 Å². The Hall–Kier alpha value is -1.85. The Bertz CT molecular complexity index is 480. The van der Waals surface area contributed by atoms with E-state index < -0.39 is 35.8 Å². The fourth-order valence-corrected chi connectivity index (χ4v) is 1.85. The molecule has 19 heavy (non-hydrogen) atoms. The Labute approximate surface area is 108 Å². The Morgan fingerprint density at radius 2 is 1.95 bits per heavy atom. The van der Waals surface area contributed by atoms with E-state index in [1.165, 1.54) is 12.1 Å². The first kappa shape index (κ1) is 15.2. The maximum absolute atomic E-state index is 12.6. The van der Waals surface area contributed by atoms with E-state index in [9.17, 15) is 22.8 Å². The summed E-state index contributed by atoms with van der Waals surface area (Å²) in [5, 5.41) is 8.56. The number of alkyl halides is 3. The van der Waals surface area contributed by atoms with Crippen LogP contribution in [0.1, 0.15) is 36.8 Å². The second kappa shape index (κ2) is 5.86. The van der Waals surface area contributed by atoms with Crippen LogP contribution in [0.3, 0.4) is 0 Å². The fourth-order valence-electron chi connectivity index (χ4n) is 1.85. The quantitative estimate of drug-likeness (QED) is 0.838. The van der Waals surface area contributed by atoms with E-state index >= 15 is 0 Å². The van der Waals surface area contributed by atoms with Gasteiger partial charge in [-0.05, 0) is 18.1 Å². The third-order valence-electron chi connectivity index (χ3n) is 2.74. The maximum Gasteiger partial charge on any atom is 0.416 e. The number of hydrogen-bond donors (Lipinski definition) is 1. The highest BCUT2D eigenvalue weighted by molar-refractivity contribution is 5.98. The largest absolute Gasteiger partial charge is 0.481 e. The van der Waals surface area contributed by atoms with E-state index in [4.69, 9.17) is 5.11 Å². The van der Waals surface area contributed by atoms with Crippen molar-refractivity contribution in [2.45, 2.75) is 31.9 Å². The van der Waals surface area contributed by atoms with Gasteiger partial charge < -0.3 is 5.11 Å². The highest BCUT2D eigenvalue weighted by Gasteiger charge is 2.31. The minimum Gasteiger partial charge on any atom is -0.481 e. The van der Waals surface area contributed by atoms with Gasteiger partial charge in [0.25, 0.3) is 0 Å². The number of carboxylic acid groups (broad SMARTS) is 1. The third kappa shape index (κ3) is 4.08. The zero-order chi connectivity index (χ0) is 14.6. The molecule has 1 atom stereocenters. The van der Waals surface area contributed by atoms with E-state index in [-0.39, 0.29) is 12.0 Å². The second-order valence-electron chi connectivity index (χ2n) is 4.12. The van der Waals surface area contributed by atoms with Crippen LogP contribution in [0.2, 0.25) is 0 Å². The second-order valence-corrected chi connectivity index (χ2v) is 4.12. The molecule has 0 spiro atoms. The molecule has 0 heterocycles. The van der Waals surface area contributed by atoms with Crippen LogP contribution in [0.5, 0.6) is 0 Å². The van der Waals surface area contributed by atoms with Crippen LogP contribution in [-0.2, 0) is 15.8 Å². The van der Waals surface area contributed by atoms with Crippen molar-refractivity contribution in [1.29, 1.82) is 0 Å². The molecule has 0 amide bonds. The lowest BCUT2D eigenvalue weighted by Gasteiger charge is -2.15. The van der Waals surface area contributed by atoms with Gasteiger partial charge in [0.1, 0.15) is 6.42 Å². The molecular formula is C13H13F3O3. The summed E-state index contributed by atoms with van der Waals surface area (Å²) in [7, 11) is 0. The first-order chi connectivity index (χ1) is 8.75. The number of carbonyl (C=O) groups is 2. The van der Waals surface area contributed by atoms with Crippen molar-refractivity contribution in [3.63, 3.8) is 0 Å². The molecule has 0 saturated heterocycles. The summed E-state index contributed by atoms with van der Waals surface area (Å²) in [6, 6.07) is 4.43. The van der Waals surface area contributed by atoms with Gasteiger partial charge in [0.15, 0.2) is 5.78 Å². The van der Waals surface area contributed by atoms with Crippen molar-refractivity contribution in [3.05, 3.63) is 35.4 Å². The number of rotatable bonds is 5. The average molecular weight is 274 g/mol. The highest BCUT2D eigenvalue weighted by Crippen LogP contribution is 2.32. The van der Waals surface area contributed by atoms with Crippen molar-refractivity contribution < 1.29 is 27.9 Å². The minimum absolute atomic E-state index is 0.198. The first-order valence-corrected chi connectivity index (χ1v) is 5.67. The average Bonchev–Trinajstić information content (AvgIpc) is 2.28. The van der Waals surface area contributed by atoms with E-state index in [1.807, 2.05) is 0 Å². The number of Topliss-reactive ketones (excluding diaryl/α,β-unsaturated/α-hetero) is 1. The molecular weight excluding hydrogens is 261 g/mol. The molecule has 1 aromatic rings. The molecule has 0 saturated carbocycles. The van der Waals surface area contributed by atoms with Crippen LogP contribution in [0.25, 0.3) is 0 Å². The van der Waals surface area contributed by atoms with Crippen LogP contribution in [0.15, 0.2) is 24.3 Å². The molecule has 0 aliphatic rings. The van der Waals surface area contributed by atoms with Gasteiger partial charge in [0, 0.05) is 5.92 Å². The standard InChI is InChI=1S/C13H13F3O3/c1-2-10(11(17)7-12(18)19)8-4-3-5-9(6-8)13(14,15)16/h3-6,10H,2,7H2,1H3,(H,18,19). The minimum atomic E-state index is -4.48. The van der Waals surface area contributed by atoms with Crippen LogP contribution < -0.4 is 0 Å². The van der Waals surface area contributed by atoms with Gasteiger partial charge in [-0.1, -0.05) is 25.1 Å². The predicted molar refractivity (Wildman–Crippen MR) is 61.7 cm³/mol. The normalized spacial score (nSPS) is 13.1. The Morgan fingerprint density at radius 3 is 2.42 bits per heavy atom. The molecule has 6 heteroatoms. The van der Waals surface area contributed by atoms with Gasteiger partial charge in [-0.15, -0.1) is 0 Å². The Balaban J connectivity index is 3.06. The molecule has 0 aliphatic heterocycles. The molecule has 1 aromatic carbocycles. The van der Waals surface area contributed by atoms with Gasteiger partial charge in [-0.3, -0.25) is 9.59 Å². The molecule has 1 unspecified atom stereocenters. The zero-order valence-electron chi connectivity index (χ0n) is 10.2. The number of hydrogen-bond acceptors (Lipinski definition) is 2. The van der Waals surface area contributed by atoms with Gasteiger partial charge >= 0.3 is 12.1 Å². The molecule has 0 aliphatic carbocycles. The zero-order valence-corrected chi connectivity index (χ0v) is 10.2. The van der Waals surface area contributed by atoms with Gasteiger partial charge in [-0.2, -0.15) is 13.2 Å². The number of aliphatic carboxylic acids is 1. The van der Waals surface area contributed by atoms with Crippen molar-refractivity contribution in [3.8, 4) is 0 Å². The van der Waals surface area contributed by atoms with Crippen LogP contribution in [0, 0.1) is 0 Å². The molecule has 0 radical (unpaired) electrons. The summed E-state index contributed by atoms with van der Waals surface area (Å²) >= 11 is 0. The maximum atomic E-state index is 12.6. The summed E-state index contributed by atoms with van der Waals surface area (Å²) in [5.41, 5.74) is -0.643. The lowest BCUT2D eigenvalue weighted by atomic mass is 9.89. The monoisotopic (exact) mass is 274 g/mol. The van der Waals surface area contributed by atoms with Crippen molar-refractivity contribution in [2.75, 3.05) is 0 Å². The van der Waals surface area contributed by atoms with Crippen molar-refractivity contribution in [2.24, 2.45) is 0 Å². The van der Waals surface area contributed by atoms with Crippen LogP contribution in [-0.4, -0.2) is 16.9 Å². The summed E-state index contributed by atoms with van der Waals surface area (Å²) in [4.78, 5) is 22.2. The van der Waals surface area contributed by atoms with Crippen LogP contribution >= 0.6 is 0 Å². The predicted octanol–water partition coefficient (Wildman–Crippen LogP) is 3.24. The van der Waals surface area contributed by atoms with Crippen molar-refractivity contribution >= 4 is 11.8 Å². The molecule has 1 rings (SSSR count). The molecule has 0 bridgehead atoms. The Morgan fingerprint density at radius 1 is 1.32 bits per heavy atom.